The molecule has 0 saturated heterocycles. The molecule has 0 radical (unpaired) electrons. The van der Waals surface area contributed by atoms with Gasteiger partial charge in [0.05, 0.1) is 12.1 Å². The van der Waals surface area contributed by atoms with E-state index in [1.165, 1.54) is 0 Å². The van der Waals surface area contributed by atoms with Gasteiger partial charge in [-0.25, -0.2) is 18.2 Å². The molecular weight excluding hydrogens is 233 g/mol. The monoisotopic (exact) mass is 242 g/mol. The summed E-state index contributed by atoms with van der Waals surface area (Å²) >= 11 is 0. The van der Waals surface area contributed by atoms with E-state index in [0.29, 0.717) is 12.4 Å². The van der Waals surface area contributed by atoms with Crippen molar-refractivity contribution in [2.24, 2.45) is 0 Å². The Morgan fingerprint density at radius 3 is 2.71 bits per heavy atom. The highest BCUT2D eigenvalue weighted by molar-refractivity contribution is 5.55. The Kier molecular flexibility index (Phi) is 3.10. The van der Waals surface area contributed by atoms with Crippen LogP contribution in [0.15, 0.2) is 12.1 Å². The minimum atomic E-state index is -1.53. The van der Waals surface area contributed by atoms with E-state index in [1.807, 2.05) is 0 Å². The normalized spacial score (nSPS) is 10.8. The molecule has 0 fully saturated rings. The zero-order valence-electron chi connectivity index (χ0n) is 8.89. The fourth-order valence-corrected chi connectivity index (χ4v) is 1.36. The summed E-state index contributed by atoms with van der Waals surface area (Å²) in [6.07, 6.45) is 0. The number of nitrogens with zero attached hydrogens (tertiary/aromatic N) is 2. The Morgan fingerprint density at radius 1 is 1.24 bits per heavy atom. The molecule has 0 amide bonds. The molecule has 0 bridgehead atoms. The van der Waals surface area contributed by atoms with Gasteiger partial charge in [-0.1, -0.05) is 0 Å². The number of rotatable bonds is 3. The second-order valence-electron chi connectivity index (χ2n) is 3.36. The Balaban J connectivity index is 2.42. The summed E-state index contributed by atoms with van der Waals surface area (Å²) in [4.78, 5) is 3.94. The molecular formula is C10H9F3N4. The number of nitrogens with one attached hydrogen (secondary N) is 2. The van der Waals surface area contributed by atoms with Gasteiger partial charge in [-0.05, 0) is 19.2 Å². The van der Waals surface area contributed by atoms with Crippen LogP contribution in [-0.2, 0) is 6.54 Å². The maximum Gasteiger partial charge on any atom is 0.195 e. The van der Waals surface area contributed by atoms with Crippen molar-refractivity contribution in [1.29, 1.82) is 0 Å². The van der Waals surface area contributed by atoms with E-state index >= 15 is 0 Å². The molecule has 0 aliphatic rings. The third kappa shape index (κ3) is 2.14. The lowest BCUT2D eigenvalue weighted by Crippen LogP contribution is -2.06. The highest BCUT2D eigenvalue weighted by Gasteiger charge is 2.17. The maximum atomic E-state index is 13.4. The van der Waals surface area contributed by atoms with Crippen LogP contribution in [0.1, 0.15) is 5.82 Å². The fraction of sp³-hybridized carbons (Fsp3) is 0.200. The number of benzene rings is 1. The lowest BCUT2D eigenvalue weighted by molar-refractivity contribution is 0.448. The number of H-pyrrole nitrogens is 1. The van der Waals surface area contributed by atoms with Crippen LogP contribution < -0.4 is 5.32 Å². The van der Waals surface area contributed by atoms with Crippen LogP contribution in [0.5, 0.6) is 0 Å². The average molecular weight is 242 g/mol. The zero-order chi connectivity index (χ0) is 12.4. The van der Waals surface area contributed by atoms with Crippen molar-refractivity contribution < 1.29 is 13.2 Å². The molecule has 1 heterocycles. The number of aromatic amines is 1. The molecule has 0 unspecified atom stereocenters. The first-order chi connectivity index (χ1) is 8.13. The van der Waals surface area contributed by atoms with Crippen molar-refractivity contribution in [3.05, 3.63) is 35.4 Å². The van der Waals surface area contributed by atoms with Gasteiger partial charge in [-0.3, -0.25) is 5.10 Å². The molecule has 0 saturated carbocycles. The first-order valence-corrected chi connectivity index (χ1v) is 4.83. The summed E-state index contributed by atoms with van der Waals surface area (Å²) in [6, 6.07) is 1.93. The first kappa shape index (κ1) is 11.6. The predicted molar refractivity (Wildman–Crippen MR) is 54.5 cm³/mol. The number of hydrogen-bond donors (Lipinski definition) is 2. The Morgan fingerprint density at radius 2 is 2.00 bits per heavy atom. The molecule has 2 N–H and O–H groups in total. The molecule has 0 aliphatic carbocycles. The third-order valence-electron chi connectivity index (χ3n) is 2.15. The van der Waals surface area contributed by atoms with Crippen molar-refractivity contribution in [3.63, 3.8) is 0 Å². The molecule has 7 heteroatoms. The minimum absolute atomic E-state index is 0.00773. The van der Waals surface area contributed by atoms with Gasteiger partial charge in [0.1, 0.15) is 5.82 Å². The van der Waals surface area contributed by atoms with Gasteiger partial charge in [0.25, 0.3) is 0 Å². The van der Waals surface area contributed by atoms with Crippen molar-refractivity contribution in [3.8, 4) is 11.4 Å². The Labute approximate surface area is 94.9 Å². The Bertz CT molecular complexity index is 538. The number of aromatic nitrogens is 3. The zero-order valence-corrected chi connectivity index (χ0v) is 8.89. The van der Waals surface area contributed by atoms with Gasteiger partial charge in [0.15, 0.2) is 23.3 Å². The van der Waals surface area contributed by atoms with E-state index in [4.69, 9.17) is 0 Å². The molecule has 90 valence electrons. The largest absolute Gasteiger partial charge is 0.313 e. The van der Waals surface area contributed by atoms with E-state index in [-0.39, 0.29) is 11.4 Å². The SMILES string of the molecule is CNCc1nc(-c2ccc(F)c(F)c2F)n[nH]1. The van der Waals surface area contributed by atoms with Crippen molar-refractivity contribution in [1.82, 2.24) is 20.5 Å². The number of hydrogen-bond acceptors (Lipinski definition) is 3. The quantitative estimate of drug-likeness (QED) is 0.804. The molecule has 2 rings (SSSR count). The van der Waals surface area contributed by atoms with Crippen LogP contribution in [0.3, 0.4) is 0 Å². The van der Waals surface area contributed by atoms with Crippen molar-refractivity contribution in [2.75, 3.05) is 7.05 Å². The molecule has 0 aliphatic heterocycles. The fourth-order valence-electron chi connectivity index (χ4n) is 1.36. The molecule has 17 heavy (non-hydrogen) atoms. The van der Waals surface area contributed by atoms with Crippen LogP contribution in [0.25, 0.3) is 11.4 Å². The lowest BCUT2D eigenvalue weighted by Gasteiger charge is -1.99. The minimum Gasteiger partial charge on any atom is -0.313 e. The van der Waals surface area contributed by atoms with E-state index in [1.54, 1.807) is 7.05 Å². The van der Waals surface area contributed by atoms with E-state index in [0.717, 1.165) is 12.1 Å². The van der Waals surface area contributed by atoms with Gasteiger partial charge >= 0.3 is 0 Å². The molecule has 0 atom stereocenters. The summed E-state index contributed by atoms with van der Waals surface area (Å²) in [6.45, 7) is 0.415. The predicted octanol–water partition coefficient (Wildman–Crippen LogP) is 1.61. The molecule has 4 nitrogen and oxygen atoms in total. The van der Waals surface area contributed by atoms with Crippen LogP contribution in [0.2, 0.25) is 0 Å². The maximum absolute atomic E-state index is 13.4. The highest BCUT2D eigenvalue weighted by atomic mass is 19.2. The van der Waals surface area contributed by atoms with E-state index in [9.17, 15) is 13.2 Å². The second-order valence-corrected chi connectivity index (χ2v) is 3.36. The number of halogens is 3. The van der Waals surface area contributed by atoms with Gasteiger partial charge < -0.3 is 5.32 Å². The third-order valence-corrected chi connectivity index (χ3v) is 2.15. The molecule has 1 aromatic carbocycles. The summed E-state index contributed by atoms with van der Waals surface area (Å²) < 4.78 is 39.2. The highest BCUT2D eigenvalue weighted by Crippen LogP contribution is 2.22. The molecule has 0 spiro atoms. The van der Waals surface area contributed by atoms with Gasteiger partial charge in [0, 0.05) is 0 Å². The first-order valence-electron chi connectivity index (χ1n) is 4.83. The summed E-state index contributed by atoms with van der Waals surface area (Å²) in [5.74, 6) is -3.59. The van der Waals surface area contributed by atoms with Gasteiger partial charge in [-0.15, -0.1) is 0 Å². The van der Waals surface area contributed by atoms with Gasteiger partial charge in [-0.2, -0.15) is 5.10 Å². The van der Waals surface area contributed by atoms with Crippen LogP contribution in [0, 0.1) is 17.5 Å². The summed E-state index contributed by atoms with van der Waals surface area (Å²) in [5, 5.41) is 9.11. The topological polar surface area (TPSA) is 53.6 Å². The summed E-state index contributed by atoms with van der Waals surface area (Å²) in [5.41, 5.74) is -0.178. The Hall–Kier alpha value is -1.89. The van der Waals surface area contributed by atoms with Gasteiger partial charge in [0.2, 0.25) is 0 Å². The van der Waals surface area contributed by atoms with E-state index in [2.05, 4.69) is 20.5 Å². The molecule has 2 aromatic rings. The standard InChI is InChI=1S/C10H9F3N4/c1-14-4-7-15-10(17-16-7)5-2-3-6(11)9(13)8(5)12/h2-3,14H,4H2,1H3,(H,15,16,17). The van der Waals surface area contributed by atoms with Crippen LogP contribution in [0.4, 0.5) is 13.2 Å². The second kappa shape index (κ2) is 4.54. The lowest BCUT2D eigenvalue weighted by atomic mass is 10.2. The average Bonchev–Trinajstić information content (AvgIpc) is 2.75. The van der Waals surface area contributed by atoms with Crippen LogP contribution >= 0.6 is 0 Å². The summed E-state index contributed by atoms with van der Waals surface area (Å²) in [7, 11) is 1.71. The van der Waals surface area contributed by atoms with Crippen molar-refractivity contribution >= 4 is 0 Å². The van der Waals surface area contributed by atoms with Crippen molar-refractivity contribution in [2.45, 2.75) is 6.54 Å². The molecule has 1 aromatic heterocycles. The smallest absolute Gasteiger partial charge is 0.195 e. The van der Waals surface area contributed by atoms with E-state index < -0.39 is 17.5 Å². The van der Waals surface area contributed by atoms with Crippen LogP contribution in [-0.4, -0.2) is 22.2 Å².